The van der Waals surface area contributed by atoms with Crippen molar-refractivity contribution in [2.75, 3.05) is 7.11 Å². The van der Waals surface area contributed by atoms with E-state index < -0.39 is 11.9 Å². The largest absolute Gasteiger partial charge is 0.497 e. The predicted molar refractivity (Wildman–Crippen MR) is 130 cm³/mol. The number of hydrogen-bond acceptors (Lipinski definition) is 4. The molecule has 4 rings (SSSR count). The maximum absolute atomic E-state index is 13.9. The minimum absolute atomic E-state index is 0.0961. The van der Waals surface area contributed by atoms with E-state index >= 15 is 0 Å². The van der Waals surface area contributed by atoms with Crippen LogP contribution in [0.25, 0.3) is 16.9 Å². The van der Waals surface area contributed by atoms with E-state index in [9.17, 15) is 14.0 Å². The van der Waals surface area contributed by atoms with Gasteiger partial charge in [-0.1, -0.05) is 42.5 Å². The third-order valence-corrected chi connectivity index (χ3v) is 5.53. The molecule has 0 aliphatic carbocycles. The number of aromatic nitrogens is 2. The summed E-state index contributed by atoms with van der Waals surface area (Å²) < 4.78 is 20.9. The van der Waals surface area contributed by atoms with E-state index in [-0.39, 0.29) is 18.1 Å². The molecule has 35 heavy (non-hydrogen) atoms. The second-order valence-electron chi connectivity index (χ2n) is 7.95. The molecule has 3 N–H and O–H groups in total. The molecule has 0 radical (unpaired) electrons. The van der Waals surface area contributed by atoms with Gasteiger partial charge in [-0.2, -0.15) is 5.10 Å². The highest BCUT2D eigenvalue weighted by Gasteiger charge is 2.20. The van der Waals surface area contributed by atoms with E-state index in [0.29, 0.717) is 34.7 Å². The molecule has 178 valence electrons. The molecule has 4 aromatic rings. The molecular weight excluding hydrogens is 447 g/mol. The topological polar surface area (TPSA) is 99.2 Å². The van der Waals surface area contributed by atoms with Crippen LogP contribution < -0.4 is 15.8 Å². The number of carbonyl (C=O) groups excluding carboxylic acids is 2. The lowest BCUT2D eigenvalue weighted by Gasteiger charge is -2.15. The Balaban J connectivity index is 1.55. The fraction of sp³-hybridized carbons (Fsp3) is 0.148. The van der Waals surface area contributed by atoms with Gasteiger partial charge in [-0.15, -0.1) is 0 Å². The summed E-state index contributed by atoms with van der Waals surface area (Å²) in [5, 5.41) is 7.36. The van der Waals surface area contributed by atoms with Gasteiger partial charge in [0.05, 0.1) is 24.2 Å². The molecular formula is C27H25FN4O3. The van der Waals surface area contributed by atoms with Crippen LogP contribution in [0.5, 0.6) is 5.75 Å². The average molecular weight is 473 g/mol. The molecule has 1 unspecified atom stereocenters. The number of ether oxygens (including phenoxy) is 1. The number of nitrogens with zero attached hydrogens (tertiary/aromatic N) is 2. The van der Waals surface area contributed by atoms with Gasteiger partial charge in [0.15, 0.2) is 0 Å². The Morgan fingerprint density at radius 1 is 1.03 bits per heavy atom. The van der Waals surface area contributed by atoms with Crippen LogP contribution >= 0.6 is 0 Å². The maximum atomic E-state index is 13.9. The molecule has 0 saturated carbocycles. The number of methoxy groups -OCH3 is 1. The molecule has 1 aromatic heterocycles. The first-order chi connectivity index (χ1) is 16.9. The number of nitrogens with one attached hydrogen (secondary N) is 1. The predicted octanol–water partition coefficient (Wildman–Crippen LogP) is 3.96. The number of primary amides is 1. The summed E-state index contributed by atoms with van der Waals surface area (Å²) in [5.74, 6) is -0.623. The molecule has 0 aliphatic rings. The minimum atomic E-state index is -0.914. The van der Waals surface area contributed by atoms with E-state index in [1.807, 2.05) is 36.4 Å². The van der Waals surface area contributed by atoms with Gasteiger partial charge in [-0.05, 0) is 48.0 Å². The van der Waals surface area contributed by atoms with Crippen molar-refractivity contribution < 1.29 is 18.7 Å². The van der Waals surface area contributed by atoms with Crippen LogP contribution in [0.15, 0.2) is 84.9 Å². The number of benzene rings is 3. The molecule has 3 aromatic carbocycles. The van der Waals surface area contributed by atoms with E-state index in [2.05, 4.69) is 10.4 Å². The summed E-state index contributed by atoms with van der Waals surface area (Å²) in [7, 11) is 1.59. The lowest BCUT2D eigenvalue weighted by Crippen LogP contribution is -2.37. The Hall–Kier alpha value is -4.46. The second kappa shape index (κ2) is 10.6. The number of halogens is 1. The summed E-state index contributed by atoms with van der Waals surface area (Å²) >= 11 is 0. The van der Waals surface area contributed by atoms with E-state index in [1.54, 1.807) is 48.2 Å². The van der Waals surface area contributed by atoms with Gasteiger partial charge >= 0.3 is 0 Å². The van der Waals surface area contributed by atoms with Crippen molar-refractivity contribution in [1.29, 1.82) is 0 Å². The first-order valence-electron chi connectivity index (χ1n) is 11.1. The molecule has 0 spiro atoms. The zero-order valence-corrected chi connectivity index (χ0v) is 19.1. The average Bonchev–Trinajstić information content (AvgIpc) is 3.31. The Bertz CT molecular complexity index is 1320. The monoisotopic (exact) mass is 472 g/mol. The summed E-state index contributed by atoms with van der Waals surface area (Å²) in [5.41, 5.74) is 8.86. The van der Waals surface area contributed by atoms with Crippen LogP contribution in [0.2, 0.25) is 0 Å². The van der Waals surface area contributed by atoms with Gasteiger partial charge in [0.2, 0.25) is 11.8 Å². The first kappa shape index (κ1) is 23.7. The van der Waals surface area contributed by atoms with Gasteiger partial charge in [0.25, 0.3) is 0 Å². The summed E-state index contributed by atoms with van der Waals surface area (Å²) in [6.07, 6.45) is 0.413. The number of amides is 2. The van der Waals surface area contributed by atoms with Crippen molar-refractivity contribution >= 4 is 11.8 Å². The van der Waals surface area contributed by atoms with Crippen molar-refractivity contribution in [1.82, 2.24) is 15.1 Å². The minimum Gasteiger partial charge on any atom is -0.497 e. The fourth-order valence-corrected chi connectivity index (χ4v) is 3.76. The zero-order valence-electron chi connectivity index (χ0n) is 19.1. The van der Waals surface area contributed by atoms with Crippen molar-refractivity contribution in [3.8, 4) is 22.7 Å². The molecule has 0 aliphatic heterocycles. The van der Waals surface area contributed by atoms with Crippen molar-refractivity contribution in [2.24, 2.45) is 5.73 Å². The quantitative estimate of drug-likeness (QED) is 0.385. The molecule has 2 amide bonds. The summed E-state index contributed by atoms with van der Waals surface area (Å²) in [6, 6.07) is 23.3. The summed E-state index contributed by atoms with van der Waals surface area (Å²) in [6.45, 7) is 0. The lowest BCUT2D eigenvalue weighted by atomic mass is 10.1. The molecule has 1 heterocycles. The third kappa shape index (κ3) is 5.73. The van der Waals surface area contributed by atoms with E-state index in [1.165, 1.54) is 12.1 Å². The molecule has 1 atom stereocenters. The first-order valence-corrected chi connectivity index (χ1v) is 11.1. The van der Waals surface area contributed by atoms with Crippen LogP contribution in [0.4, 0.5) is 4.39 Å². The Labute approximate surface area is 202 Å². The van der Waals surface area contributed by atoms with Crippen LogP contribution in [0.1, 0.15) is 23.7 Å². The Morgan fingerprint density at radius 3 is 2.43 bits per heavy atom. The smallest absolute Gasteiger partial charge is 0.244 e. The van der Waals surface area contributed by atoms with Crippen molar-refractivity contribution in [2.45, 2.75) is 18.9 Å². The summed E-state index contributed by atoms with van der Waals surface area (Å²) in [4.78, 5) is 24.5. The van der Waals surface area contributed by atoms with Crippen molar-refractivity contribution in [3.05, 3.63) is 102 Å². The highest BCUT2D eigenvalue weighted by Crippen LogP contribution is 2.26. The number of aryl methyl sites for hydroxylation is 1. The molecule has 8 heteroatoms. The fourth-order valence-electron chi connectivity index (χ4n) is 3.76. The van der Waals surface area contributed by atoms with Crippen LogP contribution in [0.3, 0.4) is 0 Å². The molecule has 0 bridgehead atoms. The van der Waals surface area contributed by atoms with Gasteiger partial charge in [0.1, 0.15) is 17.6 Å². The Kier molecular flexibility index (Phi) is 7.21. The second-order valence-corrected chi connectivity index (χ2v) is 7.95. The highest BCUT2D eigenvalue weighted by molar-refractivity contribution is 5.87. The molecule has 0 saturated heterocycles. The normalized spacial score (nSPS) is 11.6. The van der Waals surface area contributed by atoms with Crippen LogP contribution in [0, 0.1) is 5.82 Å². The maximum Gasteiger partial charge on any atom is 0.244 e. The van der Waals surface area contributed by atoms with Gasteiger partial charge in [0, 0.05) is 18.4 Å². The van der Waals surface area contributed by atoms with E-state index in [4.69, 9.17) is 10.5 Å². The van der Waals surface area contributed by atoms with Crippen LogP contribution in [-0.2, 0) is 16.0 Å². The highest BCUT2D eigenvalue weighted by atomic mass is 19.1. The standard InChI is InChI=1S/C27H25FN4O3/c1-35-23-13-11-22(12-14-23)32-24(19-8-5-9-20(28)16-19)17-21(31-32)10-15-25(33)30-26(27(29)34)18-6-3-2-4-7-18/h2-9,11-14,16-17,26H,10,15H2,1H3,(H2,29,34)(H,30,33). The van der Waals surface area contributed by atoms with Gasteiger partial charge < -0.3 is 15.8 Å². The number of carbonyl (C=O) groups is 2. The number of hydrogen-bond donors (Lipinski definition) is 2. The lowest BCUT2D eigenvalue weighted by molar-refractivity contribution is -0.127. The number of rotatable bonds is 9. The van der Waals surface area contributed by atoms with E-state index in [0.717, 1.165) is 5.69 Å². The van der Waals surface area contributed by atoms with Gasteiger partial charge in [-0.3, -0.25) is 9.59 Å². The Morgan fingerprint density at radius 2 is 1.77 bits per heavy atom. The van der Waals surface area contributed by atoms with Crippen molar-refractivity contribution in [3.63, 3.8) is 0 Å². The zero-order chi connectivity index (χ0) is 24.8. The van der Waals surface area contributed by atoms with Gasteiger partial charge in [-0.25, -0.2) is 9.07 Å². The molecule has 0 fully saturated rings. The van der Waals surface area contributed by atoms with Crippen LogP contribution in [-0.4, -0.2) is 28.7 Å². The SMILES string of the molecule is COc1ccc(-n2nc(CCC(=O)NC(C(N)=O)c3ccccc3)cc2-c2cccc(F)c2)cc1. The number of nitrogens with two attached hydrogens (primary N) is 1. The third-order valence-electron chi connectivity index (χ3n) is 5.53. The molecule has 7 nitrogen and oxygen atoms in total.